The van der Waals surface area contributed by atoms with Crippen molar-refractivity contribution in [3.05, 3.63) is 35.9 Å². The van der Waals surface area contributed by atoms with E-state index in [1.54, 1.807) is 6.07 Å². The third-order valence-corrected chi connectivity index (χ3v) is 2.00. The number of hydrogen-bond donors (Lipinski definition) is 3. The van der Waals surface area contributed by atoms with Gasteiger partial charge >= 0.3 is 121 Å². The van der Waals surface area contributed by atoms with Gasteiger partial charge in [0.1, 0.15) is 0 Å². The molecule has 0 saturated carbocycles. The number of carbonyl (C=O) groups is 3. The number of hydrogen-bond acceptors (Lipinski definition) is 6. The van der Waals surface area contributed by atoms with E-state index in [0.717, 1.165) is 0 Å². The molecule has 7 nitrogen and oxygen atoms in total. The van der Waals surface area contributed by atoms with Crippen LogP contribution >= 0.6 is 0 Å². The molecular weight excluding hydrogens is 322 g/mol. The number of benzene rings is 1. The van der Waals surface area contributed by atoms with E-state index in [1.807, 2.05) is 0 Å². The topological polar surface area (TPSA) is 121 Å². The monoisotopic (exact) mass is 334 g/mol. The van der Waals surface area contributed by atoms with Crippen LogP contribution < -0.4 is 103 Å². The standard InChI is InChI=1S/C11H10O7.2K.2H/c12-7(9(14)15)8(13)11(17)18-10(16)6-4-2-1-3-5-6;;;;/h1-5,7-8,12-13H,(H,14,15);;;;/q;2*+1;2*-1. The summed E-state index contributed by atoms with van der Waals surface area (Å²) in [5.41, 5.74) is 0.0582. The number of aliphatic hydroxyl groups is 2. The van der Waals surface area contributed by atoms with Gasteiger partial charge in [-0.2, -0.15) is 0 Å². The Morgan fingerprint density at radius 2 is 1.50 bits per heavy atom. The van der Waals surface area contributed by atoms with Gasteiger partial charge in [0.25, 0.3) is 0 Å². The van der Waals surface area contributed by atoms with E-state index in [-0.39, 0.29) is 111 Å². The second kappa shape index (κ2) is 11.6. The first-order valence-corrected chi connectivity index (χ1v) is 4.83. The van der Waals surface area contributed by atoms with Gasteiger partial charge in [-0.1, -0.05) is 18.2 Å². The number of carbonyl (C=O) groups excluding carboxylic acids is 2. The SMILES string of the molecule is O=C(OC(=O)C(O)C(O)C(=O)O)c1ccccc1.[H-].[H-].[K+].[K+]. The Bertz CT molecular complexity index is 473. The summed E-state index contributed by atoms with van der Waals surface area (Å²) in [5.74, 6) is -4.37. The van der Waals surface area contributed by atoms with Crippen LogP contribution in [0.3, 0.4) is 0 Å². The van der Waals surface area contributed by atoms with Crippen molar-refractivity contribution >= 4 is 17.9 Å². The summed E-state index contributed by atoms with van der Waals surface area (Å²) >= 11 is 0. The molecule has 0 spiro atoms. The van der Waals surface area contributed by atoms with Gasteiger partial charge in [-0.25, -0.2) is 14.4 Å². The summed E-state index contributed by atoms with van der Waals surface area (Å²) in [6.07, 6.45) is -4.67. The van der Waals surface area contributed by atoms with E-state index in [9.17, 15) is 14.4 Å². The van der Waals surface area contributed by atoms with Gasteiger partial charge in [0.2, 0.25) is 0 Å². The first kappa shape index (κ1) is 23.3. The van der Waals surface area contributed by atoms with Gasteiger partial charge in [0, 0.05) is 0 Å². The molecule has 0 aromatic heterocycles. The van der Waals surface area contributed by atoms with Crippen molar-refractivity contribution in [1.29, 1.82) is 0 Å². The summed E-state index contributed by atoms with van der Waals surface area (Å²) in [4.78, 5) is 32.8. The molecule has 0 heterocycles. The summed E-state index contributed by atoms with van der Waals surface area (Å²) in [7, 11) is 0. The second-order valence-electron chi connectivity index (χ2n) is 3.30. The van der Waals surface area contributed by atoms with Crippen LogP contribution in [0.4, 0.5) is 0 Å². The number of esters is 2. The predicted molar refractivity (Wildman–Crippen MR) is 58.7 cm³/mol. The van der Waals surface area contributed by atoms with Crippen molar-refractivity contribution in [1.82, 2.24) is 0 Å². The zero-order valence-electron chi connectivity index (χ0n) is 13.0. The van der Waals surface area contributed by atoms with Crippen molar-refractivity contribution in [2.24, 2.45) is 0 Å². The Hall–Kier alpha value is 1.02. The summed E-state index contributed by atoms with van der Waals surface area (Å²) < 4.78 is 4.22. The molecule has 0 aliphatic rings. The summed E-state index contributed by atoms with van der Waals surface area (Å²) in [6, 6.07) is 7.44. The normalized spacial score (nSPS) is 12.1. The first-order chi connectivity index (χ1) is 8.43. The van der Waals surface area contributed by atoms with Gasteiger partial charge in [0.15, 0.2) is 12.2 Å². The minimum Gasteiger partial charge on any atom is -1.00 e. The van der Waals surface area contributed by atoms with E-state index in [1.165, 1.54) is 24.3 Å². The molecule has 9 heteroatoms. The zero-order valence-corrected chi connectivity index (χ0v) is 17.3. The molecule has 100 valence electrons. The number of aliphatic carboxylic acids is 1. The molecule has 0 aliphatic heterocycles. The van der Waals surface area contributed by atoms with E-state index in [4.69, 9.17) is 15.3 Å². The Kier molecular flexibility index (Phi) is 13.5. The van der Waals surface area contributed by atoms with Gasteiger partial charge in [-0.05, 0) is 12.1 Å². The van der Waals surface area contributed by atoms with Crippen LogP contribution in [0.15, 0.2) is 30.3 Å². The molecule has 0 saturated heterocycles. The molecular formula is C11H12K2O7. The van der Waals surface area contributed by atoms with Gasteiger partial charge in [-0.15, -0.1) is 0 Å². The van der Waals surface area contributed by atoms with Crippen LogP contribution in [0.2, 0.25) is 0 Å². The quantitative estimate of drug-likeness (QED) is 0.284. The smallest absolute Gasteiger partial charge is 1.00 e. The molecule has 0 bridgehead atoms. The van der Waals surface area contributed by atoms with Crippen LogP contribution in [0, 0.1) is 0 Å². The predicted octanol–water partition coefficient (Wildman–Crippen LogP) is -6.59. The fourth-order valence-corrected chi connectivity index (χ4v) is 1.05. The van der Waals surface area contributed by atoms with Crippen molar-refractivity contribution < 1.29 is 140 Å². The number of ether oxygens (including phenoxy) is 1. The maximum atomic E-state index is 11.4. The van der Waals surface area contributed by atoms with Crippen LogP contribution in [-0.4, -0.2) is 45.4 Å². The number of carboxylic acid groups (broad SMARTS) is 1. The minimum atomic E-state index is -2.35. The molecule has 2 atom stereocenters. The maximum absolute atomic E-state index is 11.4. The van der Waals surface area contributed by atoms with Crippen LogP contribution in [0.5, 0.6) is 0 Å². The molecule has 0 aliphatic carbocycles. The van der Waals surface area contributed by atoms with Crippen molar-refractivity contribution in [2.75, 3.05) is 0 Å². The molecule has 1 aromatic carbocycles. The van der Waals surface area contributed by atoms with Crippen molar-refractivity contribution in [3.8, 4) is 0 Å². The van der Waals surface area contributed by atoms with E-state index in [2.05, 4.69) is 4.74 Å². The average molecular weight is 334 g/mol. The number of aliphatic hydroxyl groups excluding tert-OH is 2. The molecule has 0 fully saturated rings. The number of rotatable bonds is 4. The molecule has 0 radical (unpaired) electrons. The molecule has 0 amide bonds. The molecule has 3 N–H and O–H groups in total. The summed E-state index contributed by atoms with van der Waals surface area (Å²) in [6.45, 7) is 0. The van der Waals surface area contributed by atoms with Crippen molar-refractivity contribution in [2.45, 2.75) is 12.2 Å². The third kappa shape index (κ3) is 7.34. The number of carboxylic acids is 1. The molecule has 1 aromatic rings. The van der Waals surface area contributed by atoms with Gasteiger partial charge in [-0.3, -0.25) is 0 Å². The second-order valence-corrected chi connectivity index (χ2v) is 3.30. The zero-order chi connectivity index (χ0) is 13.7. The Morgan fingerprint density at radius 1 is 1.00 bits per heavy atom. The van der Waals surface area contributed by atoms with E-state index in [0.29, 0.717) is 0 Å². The fraction of sp³-hybridized carbons (Fsp3) is 0.182. The largest absolute Gasteiger partial charge is 1.00 e. The maximum Gasteiger partial charge on any atom is 1.00 e. The van der Waals surface area contributed by atoms with E-state index < -0.39 is 30.1 Å². The van der Waals surface area contributed by atoms with Gasteiger partial charge < -0.3 is 22.9 Å². The molecule has 2 unspecified atom stereocenters. The van der Waals surface area contributed by atoms with Crippen LogP contribution in [-0.2, 0) is 14.3 Å². The van der Waals surface area contributed by atoms with Crippen LogP contribution in [0.1, 0.15) is 13.2 Å². The third-order valence-electron chi connectivity index (χ3n) is 2.00. The molecule has 1 rings (SSSR count). The minimum absolute atomic E-state index is 0. The van der Waals surface area contributed by atoms with Crippen molar-refractivity contribution in [3.63, 3.8) is 0 Å². The molecule has 20 heavy (non-hydrogen) atoms. The van der Waals surface area contributed by atoms with E-state index >= 15 is 0 Å². The van der Waals surface area contributed by atoms with Gasteiger partial charge in [0.05, 0.1) is 5.56 Å². The fourth-order valence-electron chi connectivity index (χ4n) is 1.05. The summed E-state index contributed by atoms with van der Waals surface area (Å²) in [5, 5.41) is 26.3. The Balaban J connectivity index is -0.000000405. The van der Waals surface area contributed by atoms with Crippen LogP contribution in [0.25, 0.3) is 0 Å². The Morgan fingerprint density at radius 3 is 1.95 bits per heavy atom. The average Bonchev–Trinajstić information content (AvgIpc) is 2.37. The Labute approximate surface area is 202 Å². The first-order valence-electron chi connectivity index (χ1n) is 4.83.